The van der Waals surface area contributed by atoms with Gasteiger partial charge in [-0.05, 0) is 81.6 Å². The minimum Gasteiger partial charge on any atom is -0.490 e. The molecule has 1 fully saturated rings. The van der Waals surface area contributed by atoms with E-state index in [0.29, 0.717) is 61.2 Å². The van der Waals surface area contributed by atoms with Gasteiger partial charge in [0.15, 0.2) is 9.84 Å². The molecule has 15 heteroatoms. The van der Waals surface area contributed by atoms with Crippen LogP contribution in [0.5, 0.6) is 5.75 Å². The number of benzene rings is 3. The molecule has 3 aromatic carbocycles. The number of nitrogens with zero attached hydrogens (tertiary/aromatic N) is 4. The van der Waals surface area contributed by atoms with Crippen LogP contribution in [0.1, 0.15) is 57.2 Å². The van der Waals surface area contributed by atoms with Crippen LogP contribution in [0.3, 0.4) is 0 Å². The van der Waals surface area contributed by atoms with Crippen molar-refractivity contribution in [1.29, 1.82) is 0 Å². The largest absolute Gasteiger partial charge is 0.490 e. The topological polar surface area (TPSA) is 117 Å². The monoisotopic (exact) mass is 810 g/mol. The number of hydrogen-bond acceptors (Lipinski definition) is 8. The minimum absolute atomic E-state index is 0.00560. The predicted molar refractivity (Wildman–Crippen MR) is 209 cm³/mol. The van der Waals surface area contributed by atoms with Crippen molar-refractivity contribution in [2.45, 2.75) is 62.6 Å². The number of amides is 2. The Morgan fingerprint density at radius 1 is 0.885 bits per heavy atom. The first kappa shape index (κ1) is 40.3. The number of amidine groups is 1. The summed E-state index contributed by atoms with van der Waals surface area (Å²) >= 11 is 19.3. The number of halogens is 3. The van der Waals surface area contributed by atoms with Crippen molar-refractivity contribution in [3.05, 3.63) is 92.4 Å². The number of sulfone groups is 2. The molecule has 3 atom stereocenters. The van der Waals surface area contributed by atoms with Crippen LogP contribution in [0.25, 0.3) is 0 Å². The highest BCUT2D eigenvalue weighted by atomic mass is 35.5. The third-order valence-electron chi connectivity index (χ3n) is 10.2. The third-order valence-corrected chi connectivity index (χ3v) is 13.2. The summed E-state index contributed by atoms with van der Waals surface area (Å²) in [5.74, 6) is 0.605. The maximum Gasteiger partial charge on any atom is 0.326 e. The van der Waals surface area contributed by atoms with E-state index in [2.05, 4.69) is 4.90 Å². The van der Waals surface area contributed by atoms with Crippen molar-refractivity contribution in [1.82, 2.24) is 14.7 Å². The Hall–Kier alpha value is -2.87. The summed E-state index contributed by atoms with van der Waals surface area (Å²) in [5.41, 5.74) is -0.552. The average Bonchev–Trinajstić information content (AvgIpc) is 3.31. The zero-order valence-corrected chi connectivity index (χ0v) is 34.1. The highest BCUT2D eigenvalue weighted by Gasteiger charge is 2.60. The molecule has 0 spiro atoms. The summed E-state index contributed by atoms with van der Waals surface area (Å²) in [5, 5.41) is 1.04. The molecule has 10 nitrogen and oxygen atoms in total. The molecule has 0 radical (unpaired) electrons. The van der Waals surface area contributed by atoms with Crippen LogP contribution in [0.15, 0.2) is 70.6 Å². The van der Waals surface area contributed by atoms with E-state index >= 15 is 4.79 Å². The minimum atomic E-state index is -3.82. The SMILES string of the molecule is CCC(C)Oc1cc(Cl)c(S(C)(=O)=O)cc1C1=NC(C)(c2ccc(Cl)cc2)C(C)(c2ccc(Cl)cc2)N1C(=O)N1CCN(CCCS(C)(=O)=O)CC1. The zero-order chi connectivity index (χ0) is 38.2. The molecule has 3 aromatic rings. The molecule has 5 rings (SSSR count). The molecule has 2 aliphatic rings. The van der Waals surface area contributed by atoms with Crippen molar-refractivity contribution in [3.63, 3.8) is 0 Å². The van der Waals surface area contributed by atoms with E-state index in [9.17, 15) is 16.8 Å². The fraction of sp³-hybridized carbons (Fsp3) is 0.459. The maximum absolute atomic E-state index is 15.2. The van der Waals surface area contributed by atoms with Gasteiger partial charge in [0.05, 0.1) is 27.3 Å². The summed E-state index contributed by atoms with van der Waals surface area (Å²) in [6, 6.07) is 17.2. The lowest BCUT2D eigenvalue weighted by Gasteiger charge is -2.47. The van der Waals surface area contributed by atoms with Crippen molar-refractivity contribution < 1.29 is 26.4 Å². The van der Waals surface area contributed by atoms with Gasteiger partial charge in [-0.3, -0.25) is 14.8 Å². The van der Waals surface area contributed by atoms with Gasteiger partial charge in [-0.15, -0.1) is 0 Å². The number of carbonyl (C=O) groups is 1. The van der Waals surface area contributed by atoms with Crippen LogP contribution in [0.2, 0.25) is 15.1 Å². The van der Waals surface area contributed by atoms with Crippen LogP contribution in [0.4, 0.5) is 4.79 Å². The smallest absolute Gasteiger partial charge is 0.326 e. The number of piperazine rings is 1. The number of aliphatic imine (C=N–C) groups is 1. The Kier molecular flexibility index (Phi) is 12.0. The van der Waals surface area contributed by atoms with Crippen LogP contribution in [-0.4, -0.2) is 100 Å². The van der Waals surface area contributed by atoms with E-state index in [-0.39, 0.29) is 39.4 Å². The second kappa shape index (κ2) is 15.5. The van der Waals surface area contributed by atoms with Crippen LogP contribution in [0, 0.1) is 0 Å². The van der Waals surface area contributed by atoms with Crippen molar-refractivity contribution in [3.8, 4) is 5.75 Å². The lowest BCUT2D eigenvalue weighted by atomic mass is 9.71. The summed E-state index contributed by atoms with van der Waals surface area (Å²) in [6.07, 6.45) is 3.19. The molecule has 2 heterocycles. The molecule has 2 aliphatic heterocycles. The second-order valence-electron chi connectivity index (χ2n) is 13.9. The molecule has 52 heavy (non-hydrogen) atoms. The van der Waals surface area contributed by atoms with Crippen molar-refractivity contribution in [2.75, 3.05) is 51.0 Å². The van der Waals surface area contributed by atoms with E-state index < -0.39 is 30.8 Å². The molecule has 0 saturated carbocycles. The molecule has 0 aromatic heterocycles. The Morgan fingerprint density at radius 2 is 1.44 bits per heavy atom. The first-order valence-electron chi connectivity index (χ1n) is 17.1. The van der Waals surface area contributed by atoms with Gasteiger partial charge < -0.3 is 9.64 Å². The van der Waals surface area contributed by atoms with Gasteiger partial charge in [0, 0.05) is 54.8 Å². The van der Waals surface area contributed by atoms with Crippen LogP contribution >= 0.6 is 34.8 Å². The molecule has 0 N–H and O–H groups in total. The summed E-state index contributed by atoms with van der Waals surface area (Å²) in [6.45, 7) is 10.2. The highest BCUT2D eigenvalue weighted by Crippen LogP contribution is 2.54. The molecule has 3 unspecified atom stereocenters. The lowest BCUT2D eigenvalue weighted by Crippen LogP contribution is -2.60. The Labute approximate surface area is 322 Å². The standard InChI is InChI=1S/C37H45Cl3N4O6S2/c1-7-25(2)50-32-24-31(40)33(52(6,48)49)23-30(32)34-41-36(3,26-9-13-28(38)14-10-26)37(4,27-11-15-29(39)16-12-27)44(34)35(45)43-20-18-42(19-21-43)17-8-22-51(5,46)47/h9-16,23-25H,7-8,17-22H2,1-6H3. The fourth-order valence-electron chi connectivity index (χ4n) is 6.81. The number of hydrogen-bond donors (Lipinski definition) is 0. The number of ether oxygens (including phenoxy) is 1. The molecule has 1 saturated heterocycles. The molecular weight excluding hydrogens is 767 g/mol. The second-order valence-corrected chi connectivity index (χ2v) is 19.4. The van der Waals surface area contributed by atoms with Gasteiger partial charge in [-0.25, -0.2) is 21.6 Å². The summed E-state index contributed by atoms with van der Waals surface area (Å²) < 4.78 is 56.0. The summed E-state index contributed by atoms with van der Waals surface area (Å²) in [7, 11) is -6.90. The Morgan fingerprint density at radius 3 is 1.96 bits per heavy atom. The normalized spacial score (nSPS) is 22.0. The van der Waals surface area contributed by atoms with Gasteiger partial charge in [0.25, 0.3) is 0 Å². The van der Waals surface area contributed by atoms with E-state index in [0.717, 1.165) is 17.4 Å². The first-order chi connectivity index (χ1) is 24.3. The number of rotatable bonds is 11. The third kappa shape index (κ3) is 8.27. The lowest BCUT2D eigenvalue weighted by molar-refractivity contribution is 0.0868. The van der Waals surface area contributed by atoms with Gasteiger partial charge in [0.1, 0.15) is 32.5 Å². The number of carbonyl (C=O) groups excluding carboxylic acids is 1. The van der Waals surface area contributed by atoms with E-state index in [1.54, 1.807) is 34.1 Å². The van der Waals surface area contributed by atoms with Gasteiger partial charge in [-0.2, -0.15) is 0 Å². The average molecular weight is 812 g/mol. The van der Waals surface area contributed by atoms with Crippen molar-refractivity contribution in [2.24, 2.45) is 4.99 Å². The predicted octanol–water partition coefficient (Wildman–Crippen LogP) is 7.29. The Balaban J connectivity index is 1.72. The van der Waals surface area contributed by atoms with Gasteiger partial charge in [0.2, 0.25) is 0 Å². The van der Waals surface area contributed by atoms with E-state index in [4.69, 9.17) is 44.5 Å². The van der Waals surface area contributed by atoms with Crippen LogP contribution in [-0.2, 0) is 30.8 Å². The van der Waals surface area contributed by atoms with Gasteiger partial charge in [-0.1, -0.05) is 66.0 Å². The van der Waals surface area contributed by atoms with Gasteiger partial charge >= 0.3 is 6.03 Å². The molecule has 282 valence electrons. The molecule has 0 aliphatic carbocycles. The fourth-order valence-corrected chi connectivity index (χ4v) is 9.04. The number of urea groups is 1. The van der Waals surface area contributed by atoms with E-state index in [1.165, 1.54) is 18.4 Å². The molecular formula is C37H45Cl3N4O6S2. The quantitative estimate of drug-likeness (QED) is 0.200. The van der Waals surface area contributed by atoms with Crippen molar-refractivity contribution >= 4 is 66.3 Å². The summed E-state index contributed by atoms with van der Waals surface area (Å²) in [4.78, 5) is 26.1. The first-order valence-corrected chi connectivity index (χ1v) is 22.2. The maximum atomic E-state index is 15.2. The Bertz CT molecular complexity index is 2060. The zero-order valence-electron chi connectivity index (χ0n) is 30.2. The van der Waals surface area contributed by atoms with E-state index in [1.807, 2.05) is 52.0 Å². The van der Waals surface area contributed by atoms with Crippen LogP contribution < -0.4 is 4.74 Å². The molecule has 2 amide bonds. The highest BCUT2D eigenvalue weighted by molar-refractivity contribution is 7.91. The molecule has 0 bridgehead atoms.